The molecule has 0 aliphatic rings. The lowest BCUT2D eigenvalue weighted by Crippen LogP contribution is -2.03. The Balaban J connectivity index is 2.90. The van der Waals surface area contributed by atoms with Gasteiger partial charge < -0.3 is 15.6 Å². The fourth-order valence-electron chi connectivity index (χ4n) is 0.721. The van der Waals surface area contributed by atoms with E-state index in [-0.39, 0.29) is 17.2 Å². The van der Waals surface area contributed by atoms with Gasteiger partial charge in [-0.1, -0.05) is 0 Å². The van der Waals surface area contributed by atoms with Gasteiger partial charge in [0.15, 0.2) is 5.75 Å². The van der Waals surface area contributed by atoms with Crippen LogP contribution in [-0.4, -0.2) is 11.7 Å². The van der Waals surface area contributed by atoms with Gasteiger partial charge in [-0.15, -0.1) is 0 Å². The number of nitrogen functional groups attached to an aromatic ring is 1. The second-order valence-corrected chi connectivity index (χ2v) is 2.10. The van der Waals surface area contributed by atoms with Crippen LogP contribution in [0.1, 0.15) is 0 Å². The number of phenolic OH excluding ortho intramolecular Hbond substituents is 1. The molecule has 1 rings (SSSR count). The van der Waals surface area contributed by atoms with E-state index in [9.17, 15) is 8.78 Å². The van der Waals surface area contributed by atoms with E-state index in [4.69, 9.17) is 10.8 Å². The molecule has 0 radical (unpaired) electrons. The van der Waals surface area contributed by atoms with E-state index in [2.05, 4.69) is 4.74 Å². The van der Waals surface area contributed by atoms with Crippen molar-refractivity contribution in [3.8, 4) is 11.5 Å². The molecule has 0 bridgehead atoms. The number of nitrogens with two attached hydrogens (primary N) is 1. The first kappa shape index (κ1) is 8.58. The first-order valence-electron chi connectivity index (χ1n) is 3.13. The van der Waals surface area contributed by atoms with Crippen molar-refractivity contribution < 1.29 is 18.6 Å². The van der Waals surface area contributed by atoms with Gasteiger partial charge in [0.2, 0.25) is 0 Å². The highest BCUT2D eigenvalue weighted by Gasteiger charge is 2.07. The molecular formula is C7H7F2NO2. The molecular weight excluding hydrogens is 168 g/mol. The van der Waals surface area contributed by atoms with Crippen molar-refractivity contribution in [2.45, 2.75) is 6.61 Å². The van der Waals surface area contributed by atoms with Gasteiger partial charge in [0, 0.05) is 6.07 Å². The van der Waals surface area contributed by atoms with Crippen LogP contribution in [0.5, 0.6) is 11.5 Å². The van der Waals surface area contributed by atoms with Gasteiger partial charge >= 0.3 is 6.61 Å². The van der Waals surface area contributed by atoms with Crippen molar-refractivity contribution >= 4 is 5.69 Å². The molecule has 0 fully saturated rings. The molecule has 3 nitrogen and oxygen atoms in total. The minimum absolute atomic E-state index is 0.0631. The molecule has 0 unspecified atom stereocenters. The predicted molar refractivity (Wildman–Crippen MR) is 39.2 cm³/mol. The Labute approximate surface area is 67.4 Å². The zero-order valence-electron chi connectivity index (χ0n) is 6.00. The highest BCUT2D eigenvalue weighted by atomic mass is 19.3. The number of hydrogen-bond donors (Lipinski definition) is 2. The Kier molecular flexibility index (Phi) is 2.32. The third kappa shape index (κ3) is 1.98. The smallest absolute Gasteiger partial charge is 0.387 e. The number of alkyl halides is 2. The second-order valence-electron chi connectivity index (χ2n) is 2.10. The van der Waals surface area contributed by atoms with Crippen LogP contribution in [0.2, 0.25) is 0 Å². The molecule has 1 aromatic rings. The van der Waals surface area contributed by atoms with Crippen LogP contribution in [0.3, 0.4) is 0 Å². The van der Waals surface area contributed by atoms with E-state index < -0.39 is 6.61 Å². The van der Waals surface area contributed by atoms with Crippen LogP contribution in [0.15, 0.2) is 18.2 Å². The van der Waals surface area contributed by atoms with Crippen molar-refractivity contribution in [3.63, 3.8) is 0 Å². The van der Waals surface area contributed by atoms with Gasteiger partial charge in [0.05, 0.1) is 5.69 Å². The van der Waals surface area contributed by atoms with Gasteiger partial charge in [-0.05, 0) is 12.1 Å². The number of benzene rings is 1. The molecule has 66 valence electrons. The van der Waals surface area contributed by atoms with Crippen LogP contribution in [0, 0.1) is 0 Å². The maximum Gasteiger partial charge on any atom is 0.387 e. The lowest BCUT2D eigenvalue weighted by atomic mass is 10.3. The Morgan fingerprint density at radius 1 is 1.42 bits per heavy atom. The van der Waals surface area contributed by atoms with Gasteiger partial charge in [-0.3, -0.25) is 0 Å². The molecule has 1 aromatic carbocycles. The number of hydrogen-bond acceptors (Lipinski definition) is 3. The SMILES string of the molecule is Nc1ccc(O)cc1OC(F)F. The fraction of sp³-hybridized carbons (Fsp3) is 0.143. The predicted octanol–water partition coefficient (Wildman–Crippen LogP) is 1.58. The Bertz CT molecular complexity index is 278. The summed E-state index contributed by atoms with van der Waals surface area (Å²) in [4.78, 5) is 0. The average Bonchev–Trinajstić information content (AvgIpc) is 1.96. The summed E-state index contributed by atoms with van der Waals surface area (Å²) >= 11 is 0. The van der Waals surface area contributed by atoms with Crippen molar-refractivity contribution in [1.82, 2.24) is 0 Å². The highest BCUT2D eigenvalue weighted by Crippen LogP contribution is 2.27. The summed E-state index contributed by atoms with van der Waals surface area (Å²) in [6, 6.07) is 3.60. The largest absolute Gasteiger partial charge is 0.508 e. The molecule has 0 atom stereocenters. The minimum atomic E-state index is -2.94. The first-order chi connectivity index (χ1) is 5.59. The van der Waals surface area contributed by atoms with E-state index in [0.717, 1.165) is 6.07 Å². The third-order valence-corrected chi connectivity index (χ3v) is 1.21. The third-order valence-electron chi connectivity index (χ3n) is 1.21. The molecule has 0 saturated carbocycles. The van der Waals surface area contributed by atoms with Crippen molar-refractivity contribution in [2.24, 2.45) is 0 Å². The maximum atomic E-state index is 11.7. The lowest BCUT2D eigenvalue weighted by molar-refractivity contribution is -0.0494. The summed E-state index contributed by atoms with van der Waals surface area (Å²) in [6.45, 7) is -2.94. The molecule has 3 N–H and O–H groups in total. The molecule has 12 heavy (non-hydrogen) atoms. The summed E-state index contributed by atoms with van der Waals surface area (Å²) in [6.07, 6.45) is 0. The monoisotopic (exact) mass is 175 g/mol. The maximum absolute atomic E-state index is 11.7. The molecule has 0 aliphatic carbocycles. The number of aromatic hydroxyl groups is 1. The number of rotatable bonds is 2. The van der Waals surface area contributed by atoms with E-state index in [1.807, 2.05) is 0 Å². The van der Waals surface area contributed by atoms with Crippen molar-refractivity contribution in [2.75, 3.05) is 5.73 Å². The van der Waals surface area contributed by atoms with Crippen molar-refractivity contribution in [3.05, 3.63) is 18.2 Å². The molecule has 0 amide bonds. The zero-order valence-corrected chi connectivity index (χ0v) is 6.00. The number of ether oxygens (including phenoxy) is 1. The number of phenols is 1. The standard InChI is InChI=1S/C7H7F2NO2/c8-7(9)12-6-3-4(11)1-2-5(6)10/h1-3,7,11H,10H2. The summed E-state index contributed by atoms with van der Waals surface area (Å²) in [5, 5.41) is 8.87. The van der Waals surface area contributed by atoms with Crippen LogP contribution in [-0.2, 0) is 0 Å². The minimum Gasteiger partial charge on any atom is -0.508 e. The first-order valence-corrected chi connectivity index (χ1v) is 3.13. The number of anilines is 1. The van der Waals surface area contributed by atoms with Gasteiger partial charge in [-0.25, -0.2) is 0 Å². The van der Waals surface area contributed by atoms with Crippen molar-refractivity contribution in [1.29, 1.82) is 0 Å². The Hall–Kier alpha value is -1.52. The van der Waals surface area contributed by atoms with E-state index >= 15 is 0 Å². The van der Waals surface area contributed by atoms with Crippen LogP contribution in [0.4, 0.5) is 14.5 Å². The Morgan fingerprint density at radius 3 is 2.67 bits per heavy atom. The van der Waals surface area contributed by atoms with E-state index in [1.54, 1.807) is 0 Å². The molecule has 5 heteroatoms. The molecule has 0 aromatic heterocycles. The van der Waals surface area contributed by atoms with E-state index in [0.29, 0.717) is 0 Å². The second kappa shape index (κ2) is 3.25. The lowest BCUT2D eigenvalue weighted by Gasteiger charge is -2.06. The van der Waals surface area contributed by atoms with Gasteiger partial charge in [0.25, 0.3) is 0 Å². The summed E-state index contributed by atoms with van der Waals surface area (Å²) < 4.78 is 27.4. The normalized spacial score (nSPS) is 10.2. The van der Waals surface area contributed by atoms with Gasteiger partial charge in [-0.2, -0.15) is 8.78 Å². The zero-order chi connectivity index (χ0) is 9.14. The van der Waals surface area contributed by atoms with E-state index in [1.165, 1.54) is 12.1 Å². The summed E-state index contributed by atoms with van der Waals surface area (Å²) in [5.41, 5.74) is 5.33. The molecule has 0 heterocycles. The number of halogens is 2. The molecule has 0 aliphatic heterocycles. The average molecular weight is 175 g/mol. The molecule has 0 saturated heterocycles. The van der Waals surface area contributed by atoms with Crippen LogP contribution < -0.4 is 10.5 Å². The fourth-order valence-corrected chi connectivity index (χ4v) is 0.721. The Morgan fingerprint density at radius 2 is 2.08 bits per heavy atom. The molecule has 0 spiro atoms. The highest BCUT2D eigenvalue weighted by molar-refractivity contribution is 5.55. The van der Waals surface area contributed by atoms with Crippen LogP contribution >= 0.6 is 0 Å². The summed E-state index contributed by atoms with van der Waals surface area (Å²) in [5.74, 6) is -0.384. The quantitative estimate of drug-likeness (QED) is 0.530. The van der Waals surface area contributed by atoms with Gasteiger partial charge in [0.1, 0.15) is 5.75 Å². The summed E-state index contributed by atoms with van der Waals surface area (Å²) in [7, 11) is 0. The van der Waals surface area contributed by atoms with Crippen LogP contribution in [0.25, 0.3) is 0 Å². The topological polar surface area (TPSA) is 55.5 Å².